The zero-order valence-electron chi connectivity index (χ0n) is 15.7. The molecule has 4 rings (SSSR count). The van der Waals surface area contributed by atoms with Gasteiger partial charge in [-0.25, -0.2) is 39.3 Å². The summed E-state index contributed by atoms with van der Waals surface area (Å²) < 4.78 is 3.54. The minimum atomic E-state index is 0.494. The normalized spacial score (nSPS) is 11.7. The number of aromatic nitrogens is 8. The molecule has 0 atom stereocenters. The molecule has 0 spiro atoms. The highest BCUT2D eigenvalue weighted by Crippen LogP contribution is 2.21. The van der Waals surface area contributed by atoms with Crippen molar-refractivity contribution in [2.45, 2.75) is 6.42 Å². The number of hydrogen-bond donors (Lipinski definition) is 4. The first-order valence-corrected chi connectivity index (χ1v) is 9.23. The van der Waals surface area contributed by atoms with Crippen LogP contribution in [0.1, 0.15) is 6.42 Å². The zero-order chi connectivity index (χ0) is 20.1. The molecule has 6 N–H and O–H groups in total. The van der Waals surface area contributed by atoms with E-state index in [4.69, 9.17) is 11.5 Å². The molecule has 0 aliphatic carbocycles. The van der Waals surface area contributed by atoms with Gasteiger partial charge in [-0.3, -0.25) is 0 Å². The average molecular weight is 394 g/mol. The quantitative estimate of drug-likeness (QED) is 0.224. The first kappa shape index (κ1) is 18.7. The van der Waals surface area contributed by atoms with Gasteiger partial charge in [-0.15, -0.1) is 0 Å². The maximum absolute atomic E-state index is 5.55. The van der Waals surface area contributed by atoms with Crippen molar-refractivity contribution >= 4 is 34.0 Å². The highest BCUT2D eigenvalue weighted by atomic mass is 15.5. The van der Waals surface area contributed by atoms with Crippen molar-refractivity contribution in [3.63, 3.8) is 0 Å². The number of imidazole rings is 2. The van der Waals surface area contributed by atoms with Crippen LogP contribution < -0.4 is 22.1 Å². The number of nitrogens with one attached hydrogen (secondary N) is 2. The summed E-state index contributed by atoms with van der Waals surface area (Å²) in [6.07, 6.45) is 11.0. The molecule has 4 heterocycles. The van der Waals surface area contributed by atoms with Gasteiger partial charge in [0.1, 0.15) is 25.3 Å². The number of anilines is 2. The van der Waals surface area contributed by atoms with E-state index in [2.05, 4.69) is 40.5 Å². The van der Waals surface area contributed by atoms with Crippen molar-refractivity contribution in [3.8, 4) is 0 Å². The summed E-state index contributed by atoms with van der Waals surface area (Å²) in [6, 6.07) is 0. The van der Waals surface area contributed by atoms with E-state index in [9.17, 15) is 0 Å². The molecule has 29 heavy (non-hydrogen) atoms. The van der Waals surface area contributed by atoms with Gasteiger partial charge in [-0.2, -0.15) is 0 Å². The fourth-order valence-electron chi connectivity index (χ4n) is 2.86. The molecule has 12 nitrogen and oxygen atoms in total. The molecule has 0 fully saturated rings. The van der Waals surface area contributed by atoms with Crippen molar-refractivity contribution < 1.29 is 0 Å². The second-order valence-electron chi connectivity index (χ2n) is 6.12. The van der Waals surface area contributed by atoms with Gasteiger partial charge in [-0.05, 0) is 13.0 Å². The maximum Gasteiger partial charge on any atom is 0.185 e. The molecule has 4 aromatic rings. The summed E-state index contributed by atoms with van der Waals surface area (Å²) in [7, 11) is 0. The second-order valence-corrected chi connectivity index (χ2v) is 6.12. The molecule has 0 amide bonds. The van der Waals surface area contributed by atoms with Gasteiger partial charge >= 0.3 is 0 Å². The topological polar surface area (TPSA) is 163 Å². The lowest BCUT2D eigenvalue weighted by molar-refractivity contribution is 0.687. The monoisotopic (exact) mass is 394 g/mol. The van der Waals surface area contributed by atoms with E-state index in [0.29, 0.717) is 60.1 Å². The first-order valence-electron chi connectivity index (χ1n) is 9.23. The Morgan fingerprint density at radius 3 is 2.00 bits per heavy atom. The van der Waals surface area contributed by atoms with Crippen LogP contribution in [0.25, 0.3) is 22.3 Å². The fraction of sp³-hybridized carbons (Fsp3) is 0.294. The van der Waals surface area contributed by atoms with Crippen LogP contribution in [0.15, 0.2) is 37.5 Å². The first-order chi connectivity index (χ1) is 14.3. The molecule has 0 saturated carbocycles. The SMILES string of the molecule is NCC=CCNc1ncnc2c1ncn2-n1cnc2c(NCCCN)ncnc21. The number of nitrogens with two attached hydrogens (primary N) is 2. The zero-order valence-corrected chi connectivity index (χ0v) is 15.7. The largest absolute Gasteiger partial charge is 0.368 e. The number of hydrogen-bond acceptors (Lipinski definition) is 10. The lowest BCUT2D eigenvalue weighted by Gasteiger charge is -2.07. The minimum absolute atomic E-state index is 0.494. The molecule has 150 valence electrons. The predicted molar refractivity (Wildman–Crippen MR) is 110 cm³/mol. The molecular formula is C17H22N12. The molecule has 0 bridgehead atoms. The van der Waals surface area contributed by atoms with Crippen LogP contribution in [0.2, 0.25) is 0 Å². The lowest BCUT2D eigenvalue weighted by atomic mass is 10.4. The molecular weight excluding hydrogens is 372 g/mol. The predicted octanol–water partition coefficient (Wildman–Crippen LogP) is -0.0351. The maximum atomic E-state index is 5.55. The summed E-state index contributed by atoms with van der Waals surface area (Å²) in [5.74, 6) is 1.30. The standard InChI is InChI=1S/C17H22N12/c18-4-1-2-6-20-14-12-16(24-8-22-14)28(10-26-12)29-11-27-13-15(21-7-3-5-19)23-9-25-17(13)29/h1-2,8-11H,3-7,18-19H2,(H,20,22,24)(H,21,23,25). The van der Waals surface area contributed by atoms with Gasteiger partial charge in [0.05, 0.1) is 0 Å². The Labute approximate surface area is 166 Å². The van der Waals surface area contributed by atoms with E-state index in [1.54, 1.807) is 22.0 Å². The van der Waals surface area contributed by atoms with Crippen LogP contribution in [0.4, 0.5) is 11.6 Å². The van der Waals surface area contributed by atoms with Crippen LogP contribution >= 0.6 is 0 Å². The number of rotatable bonds is 9. The Balaban J connectivity index is 1.69. The van der Waals surface area contributed by atoms with E-state index >= 15 is 0 Å². The third kappa shape index (κ3) is 3.70. The molecule has 0 radical (unpaired) electrons. The van der Waals surface area contributed by atoms with Crippen LogP contribution in [-0.4, -0.2) is 65.4 Å². The van der Waals surface area contributed by atoms with Gasteiger partial charge in [0, 0.05) is 19.6 Å². The van der Waals surface area contributed by atoms with Crippen LogP contribution in [0.5, 0.6) is 0 Å². The Morgan fingerprint density at radius 1 is 0.793 bits per heavy atom. The van der Waals surface area contributed by atoms with Gasteiger partial charge in [0.15, 0.2) is 34.0 Å². The van der Waals surface area contributed by atoms with Gasteiger partial charge < -0.3 is 22.1 Å². The highest BCUT2D eigenvalue weighted by molar-refractivity contribution is 5.85. The van der Waals surface area contributed by atoms with E-state index in [-0.39, 0.29) is 0 Å². The summed E-state index contributed by atoms with van der Waals surface area (Å²) in [5.41, 5.74) is 13.6. The molecule has 0 saturated heterocycles. The van der Waals surface area contributed by atoms with Gasteiger partial charge in [-0.1, -0.05) is 12.2 Å². The third-order valence-corrected chi connectivity index (χ3v) is 4.23. The van der Waals surface area contributed by atoms with Crippen molar-refractivity contribution in [3.05, 3.63) is 37.5 Å². The van der Waals surface area contributed by atoms with Crippen molar-refractivity contribution in [1.82, 2.24) is 39.3 Å². The molecule has 0 aliphatic heterocycles. The van der Waals surface area contributed by atoms with Crippen molar-refractivity contribution in [2.75, 3.05) is 36.8 Å². The lowest BCUT2D eigenvalue weighted by Crippen LogP contribution is -2.11. The fourth-order valence-corrected chi connectivity index (χ4v) is 2.86. The molecule has 0 aromatic carbocycles. The van der Waals surface area contributed by atoms with Crippen LogP contribution in [0.3, 0.4) is 0 Å². The Bertz CT molecular complexity index is 1130. The molecule has 4 aromatic heterocycles. The summed E-state index contributed by atoms with van der Waals surface area (Å²) in [4.78, 5) is 26.3. The Hall–Kier alpha value is -3.64. The second kappa shape index (κ2) is 8.58. The van der Waals surface area contributed by atoms with Crippen LogP contribution in [0, 0.1) is 0 Å². The van der Waals surface area contributed by atoms with E-state index in [1.165, 1.54) is 12.7 Å². The summed E-state index contributed by atoms with van der Waals surface area (Å²) >= 11 is 0. The number of nitrogens with zero attached hydrogens (tertiary/aromatic N) is 8. The van der Waals surface area contributed by atoms with E-state index in [0.717, 1.165) is 6.42 Å². The molecule has 0 unspecified atom stereocenters. The van der Waals surface area contributed by atoms with Crippen molar-refractivity contribution in [1.29, 1.82) is 0 Å². The van der Waals surface area contributed by atoms with Gasteiger partial charge in [0.25, 0.3) is 0 Å². The average Bonchev–Trinajstić information content (AvgIpc) is 3.36. The summed E-state index contributed by atoms with van der Waals surface area (Å²) in [5, 5.41) is 6.46. The van der Waals surface area contributed by atoms with E-state index in [1.807, 2.05) is 12.2 Å². The van der Waals surface area contributed by atoms with E-state index < -0.39 is 0 Å². The summed E-state index contributed by atoms with van der Waals surface area (Å²) in [6.45, 7) is 2.41. The highest BCUT2D eigenvalue weighted by Gasteiger charge is 2.15. The van der Waals surface area contributed by atoms with Crippen LogP contribution in [-0.2, 0) is 0 Å². The Morgan fingerprint density at radius 2 is 1.41 bits per heavy atom. The minimum Gasteiger partial charge on any atom is -0.368 e. The van der Waals surface area contributed by atoms with Crippen molar-refractivity contribution in [2.24, 2.45) is 11.5 Å². The number of fused-ring (bicyclic) bond motifs is 2. The smallest absolute Gasteiger partial charge is 0.185 e. The molecule has 12 heteroatoms. The third-order valence-electron chi connectivity index (χ3n) is 4.23. The Kier molecular flexibility index (Phi) is 5.54. The van der Waals surface area contributed by atoms with Gasteiger partial charge in [0.2, 0.25) is 0 Å². The molecule has 0 aliphatic rings.